The third kappa shape index (κ3) is 24.1. The molecule has 0 bridgehead atoms. The number of aliphatic hydroxyl groups excluding tert-OH is 1. The number of sulfonamides is 1. The first kappa shape index (κ1) is 75.7. The third-order valence-corrected chi connectivity index (χ3v) is 16.1. The van der Waals surface area contributed by atoms with Crippen LogP contribution in [0, 0.1) is 36.4 Å². The van der Waals surface area contributed by atoms with Gasteiger partial charge in [-0.2, -0.15) is 0 Å². The van der Waals surface area contributed by atoms with Crippen LogP contribution >= 0.6 is 73.0 Å². The number of nitrogens with zero attached hydrogens (tertiary/aromatic N) is 2. The minimum Gasteiger partial charge on any atom is -0.505 e. The van der Waals surface area contributed by atoms with Gasteiger partial charge in [0.1, 0.15) is 33.1 Å². The van der Waals surface area contributed by atoms with Crippen LogP contribution in [0.5, 0.6) is 11.5 Å². The molecule has 0 aliphatic heterocycles. The highest BCUT2D eigenvalue weighted by Gasteiger charge is 2.23. The standard InChI is InChI=1S/C19H14Cl2FNO3S.C13H8FN.C13H12FN.C7H3BrFN.C6H7BO2.C6H3Cl3O3S.CH4O/c20-15-9-16(21)19(24)18(10-15)27(25,26)23-11-14-8-13(6-7-17(14)22)12-4-2-1-3-5-12;1-15-13-9-11(7-8-12(13)14)10-5-3-2-4-6-10;14-13-7-6-11(8-12(13)9-15)10-4-2-1-3-5-10;1-10-7-4-5(8)2-3-6(7)9;8-7(9)6-4-2-1-3-5-6;7-3-1-4(8)6(10)5(2-3)13(9,11)12;1-2/h1-10,23-24H,11H2;2-9H;1-8H,9,15H2;2-4H;1-5,8-9H;1-2,10H;2H,1H3. The van der Waals surface area contributed by atoms with Crippen LogP contribution < -0.4 is 15.9 Å². The Balaban J connectivity index is 0.000000242. The van der Waals surface area contributed by atoms with Crippen molar-refractivity contribution in [1.29, 1.82) is 0 Å². The number of hydrogen-bond donors (Lipinski definition) is 7. The summed E-state index contributed by atoms with van der Waals surface area (Å²) in [5, 5.41) is 43.1. The normalized spacial score (nSPS) is 10.3. The molecule has 0 fully saturated rings. The molecule has 0 atom stereocenters. The molecule has 0 saturated heterocycles. The highest BCUT2D eigenvalue weighted by atomic mass is 79.9. The summed E-state index contributed by atoms with van der Waals surface area (Å²) in [4.78, 5) is 5.14. The van der Waals surface area contributed by atoms with Gasteiger partial charge in [0.25, 0.3) is 9.05 Å². The van der Waals surface area contributed by atoms with Gasteiger partial charge in [-0.1, -0.05) is 202 Å². The lowest BCUT2D eigenvalue weighted by atomic mass is 9.81. The number of benzene rings is 10. The number of nitrogens with one attached hydrogen (secondary N) is 1. The second-order valence-electron chi connectivity index (χ2n) is 17.9. The van der Waals surface area contributed by atoms with Crippen molar-refractivity contribution >= 4 is 116 Å². The van der Waals surface area contributed by atoms with Gasteiger partial charge < -0.3 is 31.1 Å². The lowest BCUT2D eigenvalue weighted by molar-refractivity contribution is 0.399. The average molecular weight is 1440 g/mol. The van der Waals surface area contributed by atoms with Gasteiger partial charge in [-0.3, -0.25) is 0 Å². The second kappa shape index (κ2) is 37.5. The topological polar surface area (TPSA) is 216 Å². The Labute approximate surface area is 557 Å². The molecule has 0 aliphatic rings. The van der Waals surface area contributed by atoms with Gasteiger partial charge in [-0.05, 0) is 118 Å². The molecule has 0 spiro atoms. The Kier molecular flexibility index (Phi) is 31.2. The SMILES string of the molecule is CO.NCc1cc(-c2ccccc2)ccc1F.O=S(=O)(Cl)c1cc(Cl)cc(Cl)c1O.O=S(=O)(NCc1cc(-c2ccccc2)ccc1F)c1cc(Cl)cc(Cl)c1O.OB(O)c1ccccc1.[C-]#[N+]c1cc(-c2ccccc2)ccc1F.[C-]#[N+]c1cc(Br)ccc1F. The fourth-order valence-electron chi connectivity index (χ4n) is 7.39. The molecular weight excluding hydrogens is 1390 g/mol. The number of phenolic OH excluding ortho intramolecular Hbond substituents is 2. The van der Waals surface area contributed by atoms with E-state index in [2.05, 4.69) is 30.3 Å². The van der Waals surface area contributed by atoms with Crippen molar-refractivity contribution in [3.05, 3.63) is 300 Å². The number of nitrogens with two attached hydrogens (primary N) is 1. The number of hydrogen-bond acceptors (Lipinski definition) is 10. The molecule has 91 heavy (non-hydrogen) atoms. The summed E-state index contributed by atoms with van der Waals surface area (Å²) in [5.74, 6) is -2.95. The lowest BCUT2D eigenvalue weighted by Gasteiger charge is -2.11. The molecule has 10 aromatic rings. The molecule has 0 heterocycles. The second-order valence-corrected chi connectivity index (χ2v) is 24.8. The average Bonchev–Trinajstić information content (AvgIpc) is 0.940. The number of rotatable bonds is 10. The minimum atomic E-state index is -4.16. The van der Waals surface area contributed by atoms with Gasteiger partial charge in [0.15, 0.2) is 11.5 Å². The molecule has 0 radical (unpaired) electrons. The molecule has 8 N–H and O–H groups in total. The van der Waals surface area contributed by atoms with E-state index >= 15 is 0 Å². The molecule has 13 nitrogen and oxygen atoms in total. The highest BCUT2D eigenvalue weighted by molar-refractivity contribution is 9.10. The molecule has 470 valence electrons. The van der Waals surface area contributed by atoms with Crippen molar-refractivity contribution in [3.8, 4) is 44.9 Å². The Morgan fingerprint density at radius 2 is 0.857 bits per heavy atom. The van der Waals surface area contributed by atoms with Gasteiger partial charge in [0, 0.05) is 56.5 Å². The van der Waals surface area contributed by atoms with Gasteiger partial charge >= 0.3 is 7.12 Å². The van der Waals surface area contributed by atoms with E-state index in [1.807, 2.05) is 97.1 Å². The predicted molar refractivity (Wildman–Crippen MR) is 358 cm³/mol. The number of aromatic hydroxyl groups is 2. The van der Waals surface area contributed by atoms with Crippen molar-refractivity contribution in [2.75, 3.05) is 7.11 Å². The molecule has 0 amide bonds. The van der Waals surface area contributed by atoms with E-state index in [4.69, 9.17) is 91.1 Å². The molecule has 10 aromatic carbocycles. The Morgan fingerprint density at radius 1 is 0.495 bits per heavy atom. The maximum Gasteiger partial charge on any atom is 0.488 e. The summed E-state index contributed by atoms with van der Waals surface area (Å²) in [6, 6.07) is 60.3. The van der Waals surface area contributed by atoms with Crippen molar-refractivity contribution in [2.24, 2.45) is 5.73 Å². The van der Waals surface area contributed by atoms with E-state index in [0.717, 1.165) is 57.1 Å². The first-order chi connectivity index (χ1) is 43.3. The monoisotopic (exact) mass is 1440 g/mol. The zero-order valence-corrected chi connectivity index (χ0v) is 54.2. The van der Waals surface area contributed by atoms with Crippen LogP contribution in [-0.4, -0.2) is 56.4 Å². The maximum atomic E-state index is 14.1. The Bertz CT molecular complexity index is 4350. The number of aliphatic hydroxyl groups is 1. The molecular formula is C65H51BBrCl5F4N4O9S2. The van der Waals surface area contributed by atoms with Gasteiger partial charge in [0.2, 0.25) is 21.4 Å². The first-order valence-electron chi connectivity index (χ1n) is 25.9. The van der Waals surface area contributed by atoms with Crippen LogP contribution in [0.1, 0.15) is 11.1 Å². The van der Waals surface area contributed by atoms with E-state index in [0.29, 0.717) is 11.0 Å². The quantitative estimate of drug-likeness (QED) is 0.0297. The zero-order valence-electron chi connectivity index (χ0n) is 47.2. The minimum absolute atomic E-state index is 0.0503. The summed E-state index contributed by atoms with van der Waals surface area (Å²) in [5.41, 5.74) is 12.4. The predicted octanol–water partition coefficient (Wildman–Crippen LogP) is 16.7. The summed E-state index contributed by atoms with van der Waals surface area (Å²) < 4.78 is 103. The molecule has 0 aliphatic carbocycles. The Morgan fingerprint density at radius 3 is 1.25 bits per heavy atom. The smallest absolute Gasteiger partial charge is 0.488 e. The van der Waals surface area contributed by atoms with E-state index < -0.39 is 64.9 Å². The van der Waals surface area contributed by atoms with Gasteiger partial charge in [-0.25, -0.2) is 48.8 Å². The fourth-order valence-corrected chi connectivity index (χ4v) is 11.1. The summed E-state index contributed by atoms with van der Waals surface area (Å²) in [6.45, 7) is 13.3. The van der Waals surface area contributed by atoms with E-state index in [1.54, 1.807) is 66.7 Å². The van der Waals surface area contributed by atoms with Crippen LogP contribution in [0.15, 0.2) is 233 Å². The lowest BCUT2D eigenvalue weighted by Crippen LogP contribution is -2.29. The molecule has 0 aromatic heterocycles. The Hall–Kier alpha value is -7.81. The van der Waals surface area contributed by atoms with Crippen molar-refractivity contribution in [1.82, 2.24) is 4.72 Å². The third-order valence-electron chi connectivity index (χ3n) is 11.8. The summed E-state index contributed by atoms with van der Waals surface area (Å²) in [7, 11) is -3.53. The van der Waals surface area contributed by atoms with Crippen molar-refractivity contribution in [3.63, 3.8) is 0 Å². The first-order valence-corrected chi connectivity index (χ1v) is 31.9. The maximum absolute atomic E-state index is 14.1. The molecule has 26 heteroatoms. The van der Waals surface area contributed by atoms with Crippen LogP contribution in [0.2, 0.25) is 20.1 Å². The van der Waals surface area contributed by atoms with E-state index in [9.17, 15) is 44.6 Å². The number of phenols is 2. The van der Waals surface area contributed by atoms with Gasteiger partial charge in [-0.15, -0.1) is 0 Å². The van der Waals surface area contributed by atoms with E-state index in [1.165, 1.54) is 42.5 Å². The van der Waals surface area contributed by atoms with Crippen molar-refractivity contribution < 1.29 is 59.8 Å². The van der Waals surface area contributed by atoms with Crippen molar-refractivity contribution in [2.45, 2.75) is 22.9 Å². The zero-order chi connectivity index (χ0) is 67.4. The summed E-state index contributed by atoms with van der Waals surface area (Å²) in [6.07, 6.45) is 0. The molecule has 0 saturated carbocycles. The fraction of sp³-hybridized carbons (Fsp3) is 0.0462. The van der Waals surface area contributed by atoms with Crippen LogP contribution in [-0.2, 0) is 32.2 Å². The highest BCUT2D eigenvalue weighted by Crippen LogP contribution is 2.37. The van der Waals surface area contributed by atoms with Crippen LogP contribution in [0.3, 0.4) is 0 Å². The largest absolute Gasteiger partial charge is 0.505 e. The molecule has 0 unspecified atom stereocenters. The van der Waals surface area contributed by atoms with Gasteiger partial charge in [0.05, 0.1) is 23.2 Å². The van der Waals surface area contributed by atoms with Crippen LogP contribution in [0.4, 0.5) is 28.9 Å². The molecule has 10 rings (SSSR count). The number of halogens is 10. The summed E-state index contributed by atoms with van der Waals surface area (Å²) >= 11 is 25.7. The van der Waals surface area contributed by atoms with Crippen LogP contribution in [0.25, 0.3) is 43.1 Å². The van der Waals surface area contributed by atoms with E-state index in [-0.39, 0.29) is 55.9 Å².